The van der Waals surface area contributed by atoms with E-state index in [-0.39, 0.29) is 10.9 Å². The summed E-state index contributed by atoms with van der Waals surface area (Å²) in [6.45, 7) is 4.34. The summed E-state index contributed by atoms with van der Waals surface area (Å²) in [7, 11) is -3.42. The molecule has 0 heterocycles. The molecule has 0 fully saturated rings. The number of benzene rings is 1. The normalized spacial score (nSPS) is 13.5. The van der Waals surface area contributed by atoms with Crippen LogP contribution >= 0.6 is 11.8 Å². The second kappa shape index (κ2) is 7.13. The van der Waals surface area contributed by atoms with E-state index >= 15 is 0 Å². The second-order valence-corrected chi connectivity index (χ2v) is 7.06. The highest BCUT2D eigenvalue weighted by atomic mass is 32.2. The third kappa shape index (κ3) is 4.61. The zero-order valence-electron chi connectivity index (χ0n) is 10.7. The monoisotopic (exact) mass is 288 g/mol. The standard InChI is InChI=1S/C12H20N2O2S2/c1-3-17-9-10(2)14-18(15,16)12-6-4-11(8-13)5-7-12/h4-7,10,14H,3,8-9,13H2,1-2H3. The van der Waals surface area contributed by atoms with E-state index in [1.807, 2.05) is 6.92 Å². The molecule has 0 bridgehead atoms. The molecule has 0 amide bonds. The fourth-order valence-corrected chi connectivity index (χ4v) is 3.49. The van der Waals surface area contributed by atoms with Crippen LogP contribution in [0.2, 0.25) is 0 Å². The Labute approximate surface area is 113 Å². The summed E-state index contributed by atoms with van der Waals surface area (Å²) < 4.78 is 26.8. The molecule has 0 aliphatic carbocycles. The van der Waals surface area contributed by atoms with Crippen LogP contribution in [0.25, 0.3) is 0 Å². The predicted octanol–water partition coefficient (Wildman–Crippen LogP) is 1.57. The molecule has 0 spiro atoms. The van der Waals surface area contributed by atoms with Crippen molar-refractivity contribution in [2.75, 3.05) is 11.5 Å². The van der Waals surface area contributed by atoms with Crippen molar-refractivity contribution in [3.63, 3.8) is 0 Å². The van der Waals surface area contributed by atoms with Gasteiger partial charge in [-0.3, -0.25) is 0 Å². The van der Waals surface area contributed by atoms with Gasteiger partial charge in [0.05, 0.1) is 4.90 Å². The molecule has 4 nitrogen and oxygen atoms in total. The lowest BCUT2D eigenvalue weighted by Crippen LogP contribution is -2.34. The molecule has 1 aromatic carbocycles. The van der Waals surface area contributed by atoms with Crippen molar-refractivity contribution in [1.82, 2.24) is 4.72 Å². The maximum absolute atomic E-state index is 12.1. The Bertz CT molecular complexity index is 457. The van der Waals surface area contributed by atoms with Crippen LogP contribution in [-0.4, -0.2) is 26.0 Å². The number of hydrogen-bond donors (Lipinski definition) is 2. The zero-order valence-corrected chi connectivity index (χ0v) is 12.4. The first-order valence-electron chi connectivity index (χ1n) is 5.88. The Morgan fingerprint density at radius 3 is 2.44 bits per heavy atom. The summed E-state index contributed by atoms with van der Waals surface area (Å²) in [6.07, 6.45) is 0. The van der Waals surface area contributed by atoms with Crippen LogP contribution in [0.1, 0.15) is 19.4 Å². The van der Waals surface area contributed by atoms with Gasteiger partial charge in [0.15, 0.2) is 0 Å². The van der Waals surface area contributed by atoms with E-state index in [4.69, 9.17) is 5.73 Å². The number of thioether (sulfide) groups is 1. The van der Waals surface area contributed by atoms with Crippen LogP contribution < -0.4 is 10.5 Å². The molecule has 0 aliphatic rings. The van der Waals surface area contributed by atoms with Crippen molar-refractivity contribution in [3.05, 3.63) is 29.8 Å². The van der Waals surface area contributed by atoms with Crippen LogP contribution in [-0.2, 0) is 16.6 Å². The molecule has 1 rings (SSSR count). The van der Waals surface area contributed by atoms with E-state index in [0.717, 1.165) is 17.1 Å². The fraction of sp³-hybridized carbons (Fsp3) is 0.500. The van der Waals surface area contributed by atoms with E-state index in [9.17, 15) is 8.42 Å². The summed E-state index contributed by atoms with van der Waals surface area (Å²) in [5.74, 6) is 1.76. The quantitative estimate of drug-likeness (QED) is 0.799. The molecule has 1 aromatic rings. The third-order valence-electron chi connectivity index (χ3n) is 2.40. The molecule has 0 saturated carbocycles. The van der Waals surface area contributed by atoms with Crippen molar-refractivity contribution in [2.45, 2.75) is 31.3 Å². The van der Waals surface area contributed by atoms with Crippen LogP contribution in [0.4, 0.5) is 0 Å². The first kappa shape index (κ1) is 15.5. The van der Waals surface area contributed by atoms with Gasteiger partial charge >= 0.3 is 0 Å². The smallest absolute Gasteiger partial charge is 0.240 e. The van der Waals surface area contributed by atoms with Gasteiger partial charge in [-0.05, 0) is 30.4 Å². The molecule has 1 unspecified atom stereocenters. The molecule has 0 saturated heterocycles. The number of hydrogen-bond acceptors (Lipinski definition) is 4. The summed E-state index contributed by atoms with van der Waals surface area (Å²) in [5, 5.41) is 0. The number of nitrogens with two attached hydrogens (primary N) is 1. The van der Waals surface area contributed by atoms with Crippen molar-refractivity contribution in [1.29, 1.82) is 0 Å². The molecule has 1 atom stereocenters. The van der Waals surface area contributed by atoms with Gasteiger partial charge in [0.2, 0.25) is 10.0 Å². The predicted molar refractivity (Wildman–Crippen MR) is 77.1 cm³/mol. The largest absolute Gasteiger partial charge is 0.326 e. The lowest BCUT2D eigenvalue weighted by atomic mass is 10.2. The Morgan fingerprint density at radius 1 is 1.33 bits per heavy atom. The number of nitrogens with one attached hydrogen (secondary N) is 1. The van der Waals surface area contributed by atoms with Crippen molar-refractivity contribution < 1.29 is 8.42 Å². The maximum Gasteiger partial charge on any atom is 0.240 e. The third-order valence-corrected chi connectivity index (χ3v) is 5.15. The molecule has 3 N–H and O–H groups in total. The van der Waals surface area contributed by atoms with E-state index in [1.54, 1.807) is 36.0 Å². The number of rotatable bonds is 7. The summed E-state index contributed by atoms with van der Waals surface area (Å²) in [6, 6.07) is 6.57. The molecule has 0 aromatic heterocycles. The van der Waals surface area contributed by atoms with E-state index in [0.29, 0.717) is 6.54 Å². The topological polar surface area (TPSA) is 72.2 Å². The van der Waals surface area contributed by atoms with E-state index < -0.39 is 10.0 Å². The van der Waals surface area contributed by atoms with Crippen LogP contribution in [0.15, 0.2) is 29.2 Å². The lowest BCUT2D eigenvalue weighted by Gasteiger charge is -2.13. The molecule has 18 heavy (non-hydrogen) atoms. The van der Waals surface area contributed by atoms with Crippen LogP contribution in [0.3, 0.4) is 0 Å². The van der Waals surface area contributed by atoms with E-state index in [2.05, 4.69) is 11.6 Å². The van der Waals surface area contributed by atoms with Gasteiger partial charge in [0.25, 0.3) is 0 Å². The van der Waals surface area contributed by atoms with Crippen LogP contribution in [0.5, 0.6) is 0 Å². The minimum atomic E-state index is -3.42. The Morgan fingerprint density at radius 2 is 1.94 bits per heavy atom. The van der Waals surface area contributed by atoms with Gasteiger partial charge in [0, 0.05) is 18.3 Å². The van der Waals surface area contributed by atoms with Gasteiger partial charge < -0.3 is 5.73 Å². The highest BCUT2D eigenvalue weighted by Crippen LogP contribution is 2.12. The Kier molecular flexibility index (Phi) is 6.14. The van der Waals surface area contributed by atoms with Gasteiger partial charge in [-0.15, -0.1) is 0 Å². The van der Waals surface area contributed by atoms with Crippen molar-refractivity contribution in [2.24, 2.45) is 5.73 Å². The first-order valence-corrected chi connectivity index (χ1v) is 8.52. The summed E-state index contributed by atoms with van der Waals surface area (Å²) in [5.41, 5.74) is 6.40. The van der Waals surface area contributed by atoms with Crippen molar-refractivity contribution in [3.8, 4) is 0 Å². The van der Waals surface area contributed by atoms with E-state index in [1.165, 1.54) is 0 Å². The molecular formula is C12H20N2O2S2. The average molecular weight is 288 g/mol. The van der Waals surface area contributed by atoms with Crippen LogP contribution in [0, 0.1) is 0 Å². The Balaban J connectivity index is 2.73. The van der Waals surface area contributed by atoms with Gasteiger partial charge in [-0.1, -0.05) is 19.1 Å². The molecular weight excluding hydrogens is 268 g/mol. The van der Waals surface area contributed by atoms with Gasteiger partial charge in [0.1, 0.15) is 0 Å². The SMILES string of the molecule is CCSCC(C)NS(=O)(=O)c1ccc(CN)cc1. The first-order chi connectivity index (χ1) is 8.49. The number of sulfonamides is 1. The maximum atomic E-state index is 12.1. The summed E-state index contributed by atoms with van der Waals surface area (Å²) >= 11 is 1.71. The molecule has 6 heteroatoms. The minimum absolute atomic E-state index is 0.0749. The van der Waals surface area contributed by atoms with Gasteiger partial charge in [-0.25, -0.2) is 13.1 Å². The summed E-state index contributed by atoms with van der Waals surface area (Å²) in [4.78, 5) is 0.285. The lowest BCUT2D eigenvalue weighted by molar-refractivity contribution is 0.571. The molecule has 102 valence electrons. The second-order valence-electron chi connectivity index (χ2n) is 4.03. The minimum Gasteiger partial charge on any atom is -0.326 e. The molecule has 0 radical (unpaired) electrons. The average Bonchev–Trinajstić information content (AvgIpc) is 2.36. The molecule has 0 aliphatic heterocycles. The Hall–Kier alpha value is -0.560. The highest BCUT2D eigenvalue weighted by molar-refractivity contribution is 7.99. The fourth-order valence-electron chi connectivity index (χ4n) is 1.47. The van der Waals surface area contributed by atoms with Crippen molar-refractivity contribution >= 4 is 21.8 Å². The zero-order chi connectivity index (χ0) is 13.6. The van der Waals surface area contributed by atoms with Gasteiger partial charge in [-0.2, -0.15) is 11.8 Å². The highest BCUT2D eigenvalue weighted by Gasteiger charge is 2.16.